The molecule has 3 heteroatoms. The Hall–Kier alpha value is -0.600. The van der Waals surface area contributed by atoms with Crippen molar-refractivity contribution in [1.82, 2.24) is 0 Å². The van der Waals surface area contributed by atoms with E-state index in [2.05, 4.69) is 0 Å². The number of halogens is 2. The first-order valence-corrected chi connectivity index (χ1v) is 5.13. The summed E-state index contributed by atoms with van der Waals surface area (Å²) in [6, 6.07) is 3.37. The Morgan fingerprint density at radius 2 is 2.14 bits per heavy atom. The smallest absolute Gasteiger partial charge is 0.130 e. The maximum atomic E-state index is 13.6. The fourth-order valence-corrected chi connectivity index (χ4v) is 1.53. The molecule has 1 atom stereocenters. The second-order valence-electron chi connectivity index (χ2n) is 3.53. The topological polar surface area (TPSA) is 26.0 Å². The van der Waals surface area contributed by atoms with Crippen LogP contribution in [0.4, 0.5) is 4.39 Å². The zero-order valence-corrected chi connectivity index (χ0v) is 9.24. The van der Waals surface area contributed by atoms with Crippen molar-refractivity contribution in [3.8, 4) is 0 Å². The van der Waals surface area contributed by atoms with Crippen LogP contribution in [0.1, 0.15) is 24.5 Å². The van der Waals surface area contributed by atoms with Crippen LogP contribution in [-0.4, -0.2) is 6.04 Å². The molecule has 0 aliphatic carbocycles. The van der Waals surface area contributed by atoms with Crippen LogP contribution in [0, 0.1) is 12.7 Å². The number of hydrogen-bond acceptors (Lipinski definition) is 1. The quantitative estimate of drug-likeness (QED) is 0.824. The molecule has 0 aromatic heterocycles. The predicted molar refractivity (Wildman–Crippen MR) is 58.1 cm³/mol. The van der Waals surface area contributed by atoms with Crippen molar-refractivity contribution in [2.24, 2.45) is 5.73 Å². The minimum absolute atomic E-state index is 0.0243. The molecule has 1 aromatic rings. The lowest BCUT2D eigenvalue weighted by Crippen LogP contribution is -2.22. The monoisotopic (exact) mass is 215 g/mol. The lowest BCUT2D eigenvalue weighted by molar-refractivity contribution is 0.573. The van der Waals surface area contributed by atoms with Crippen molar-refractivity contribution in [3.63, 3.8) is 0 Å². The van der Waals surface area contributed by atoms with Gasteiger partial charge in [0.1, 0.15) is 5.82 Å². The van der Waals surface area contributed by atoms with Gasteiger partial charge in [0, 0.05) is 16.6 Å². The standard InChI is InChI=1S/C11H15ClFN/c1-3-8(14)6-9-10(12)5-4-7(2)11(9)13/h4-5,8H,3,6,14H2,1-2H3. The van der Waals surface area contributed by atoms with E-state index in [0.29, 0.717) is 22.6 Å². The van der Waals surface area contributed by atoms with Gasteiger partial charge in [-0.05, 0) is 31.4 Å². The highest BCUT2D eigenvalue weighted by Crippen LogP contribution is 2.23. The summed E-state index contributed by atoms with van der Waals surface area (Å²) in [7, 11) is 0. The van der Waals surface area contributed by atoms with Gasteiger partial charge in [0.05, 0.1) is 0 Å². The van der Waals surface area contributed by atoms with Crippen molar-refractivity contribution in [2.45, 2.75) is 32.7 Å². The van der Waals surface area contributed by atoms with Crippen LogP contribution in [0.25, 0.3) is 0 Å². The van der Waals surface area contributed by atoms with Gasteiger partial charge in [-0.25, -0.2) is 4.39 Å². The van der Waals surface area contributed by atoms with Crippen LogP contribution in [-0.2, 0) is 6.42 Å². The van der Waals surface area contributed by atoms with Gasteiger partial charge in [-0.3, -0.25) is 0 Å². The molecule has 0 saturated heterocycles. The van der Waals surface area contributed by atoms with E-state index in [1.807, 2.05) is 6.92 Å². The average molecular weight is 216 g/mol. The van der Waals surface area contributed by atoms with E-state index in [1.54, 1.807) is 19.1 Å². The molecule has 0 aliphatic heterocycles. The summed E-state index contributed by atoms with van der Waals surface area (Å²) in [6.45, 7) is 3.71. The first kappa shape index (κ1) is 11.5. The highest BCUT2D eigenvalue weighted by Gasteiger charge is 2.12. The summed E-state index contributed by atoms with van der Waals surface area (Å²) >= 11 is 5.91. The van der Waals surface area contributed by atoms with Gasteiger partial charge in [-0.2, -0.15) is 0 Å². The van der Waals surface area contributed by atoms with Crippen LogP contribution in [0.5, 0.6) is 0 Å². The molecule has 0 spiro atoms. The van der Waals surface area contributed by atoms with E-state index in [1.165, 1.54) is 0 Å². The maximum absolute atomic E-state index is 13.6. The molecule has 1 unspecified atom stereocenters. The lowest BCUT2D eigenvalue weighted by Gasteiger charge is -2.12. The van der Waals surface area contributed by atoms with Gasteiger partial charge >= 0.3 is 0 Å². The highest BCUT2D eigenvalue weighted by atomic mass is 35.5. The number of nitrogens with two attached hydrogens (primary N) is 1. The largest absolute Gasteiger partial charge is 0.327 e. The molecule has 14 heavy (non-hydrogen) atoms. The first-order chi connectivity index (χ1) is 6.56. The fourth-order valence-electron chi connectivity index (χ4n) is 1.31. The minimum Gasteiger partial charge on any atom is -0.327 e. The predicted octanol–water partition coefficient (Wildman–Crippen LogP) is 3.07. The molecule has 1 rings (SSSR count). The average Bonchev–Trinajstić information content (AvgIpc) is 2.18. The summed E-state index contributed by atoms with van der Waals surface area (Å²) in [6.07, 6.45) is 1.33. The van der Waals surface area contributed by atoms with E-state index in [4.69, 9.17) is 17.3 Å². The molecular weight excluding hydrogens is 201 g/mol. The molecule has 1 aromatic carbocycles. The van der Waals surface area contributed by atoms with Crippen LogP contribution in [0.15, 0.2) is 12.1 Å². The summed E-state index contributed by atoms with van der Waals surface area (Å²) < 4.78 is 13.6. The Morgan fingerprint density at radius 1 is 1.50 bits per heavy atom. The van der Waals surface area contributed by atoms with Crippen molar-refractivity contribution < 1.29 is 4.39 Å². The van der Waals surface area contributed by atoms with Crippen molar-refractivity contribution in [2.75, 3.05) is 0 Å². The van der Waals surface area contributed by atoms with E-state index in [-0.39, 0.29) is 11.9 Å². The van der Waals surface area contributed by atoms with Crippen molar-refractivity contribution >= 4 is 11.6 Å². The highest BCUT2D eigenvalue weighted by molar-refractivity contribution is 6.31. The van der Waals surface area contributed by atoms with E-state index < -0.39 is 0 Å². The van der Waals surface area contributed by atoms with Gasteiger partial charge in [-0.15, -0.1) is 0 Å². The fraction of sp³-hybridized carbons (Fsp3) is 0.455. The Balaban J connectivity index is 3.00. The molecule has 1 nitrogen and oxygen atoms in total. The molecule has 0 aliphatic rings. The van der Waals surface area contributed by atoms with Gasteiger partial charge in [0.15, 0.2) is 0 Å². The van der Waals surface area contributed by atoms with Crippen LogP contribution < -0.4 is 5.73 Å². The molecular formula is C11H15ClFN. The Bertz CT molecular complexity index is 325. The van der Waals surface area contributed by atoms with Crippen LogP contribution in [0.2, 0.25) is 5.02 Å². The third-order valence-electron chi connectivity index (χ3n) is 2.37. The second-order valence-corrected chi connectivity index (χ2v) is 3.94. The summed E-state index contributed by atoms with van der Waals surface area (Å²) in [4.78, 5) is 0. The molecule has 2 N–H and O–H groups in total. The van der Waals surface area contributed by atoms with Crippen LogP contribution in [0.3, 0.4) is 0 Å². The summed E-state index contributed by atoms with van der Waals surface area (Å²) in [5, 5.41) is 0.469. The van der Waals surface area contributed by atoms with Crippen molar-refractivity contribution in [3.05, 3.63) is 34.1 Å². The number of aryl methyl sites for hydroxylation is 1. The van der Waals surface area contributed by atoms with Crippen LogP contribution >= 0.6 is 11.6 Å². The van der Waals surface area contributed by atoms with Gasteiger partial charge < -0.3 is 5.73 Å². The summed E-state index contributed by atoms with van der Waals surface area (Å²) in [5.41, 5.74) is 6.93. The lowest BCUT2D eigenvalue weighted by atomic mass is 10.0. The molecule has 0 radical (unpaired) electrons. The van der Waals surface area contributed by atoms with Crippen molar-refractivity contribution in [1.29, 1.82) is 0 Å². The second kappa shape index (κ2) is 4.76. The third-order valence-corrected chi connectivity index (χ3v) is 2.72. The van der Waals surface area contributed by atoms with Gasteiger partial charge in [0.2, 0.25) is 0 Å². The maximum Gasteiger partial charge on any atom is 0.130 e. The Labute approximate surface area is 89.1 Å². The van der Waals surface area contributed by atoms with Gasteiger partial charge in [0.25, 0.3) is 0 Å². The molecule has 0 saturated carbocycles. The molecule has 0 amide bonds. The number of hydrogen-bond donors (Lipinski definition) is 1. The Morgan fingerprint density at radius 3 is 2.71 bits per heavy atom. The Kier molecular flexibility index (Phi) is 3.90. The zero-order chi connectivity index (χ0) is 10.7. The summed E-state index contributed by atoms with van der Waals surface area (Å²) in [5.74, 6) is -0.221. The number of rotatable bonds is 3. The first-order valence-electron chi connectivity index (χ1n) is 4.75. The molecule has 0 bridgehead atoms. The molecule has 0 fully saturated rings. The van der Waals surface area contributed by atoms with E-state index in [9.17, 15) is 4.39 Å². The van der Waals surface area contributed by atoms with Gasteiger partial charge in [-0.1, -0.05) is 24.6 Å². The third kappa shape index (κ3) is 2.46. The molecule has 78 valence electrons. The minimum atomic E-state index is -0.221. The number of benzene rings is 1. The normalized spacial score (nSPS) is 12.9. The SMILES string of the molecule is CCC(N)Cc1c(Cl)ccc(C)c1F. The van der Waals surface area contributed by atoms with E-state index >= 15 is 0 Å². The molecule has 0 heterocycles. The van der Waals surface area contributed by atoms with E-state index in [0.717, 1.165) is 6.42 Å². The zero-order valence-electron chi connectivity index (χ0n) is 8.48.